The van der Waals surface area contributed by atoms with Crippen molar-refractivity contribution in [2.45, 2.75) is 13.3 Å². The number of aryl methyl sites for hydroxylation is 1. The first kappa shape index (κ1) is 14.9. The van der Waals surface area contributed by atoms with E-state index in [1.54, 1.807) is 19.1 Å². The van der Waals surface area contributed by atoms with Crippen LogP contribution in [-0.4, -0.2) is 27.3 Å². The Hall–Kier alpha value is -2.50. The Labute approximate surface area is 121 Å². The third kappa shape index (κ3) is 2.56. The Morgan fingerprint density at radius 1 is 1.19 bits per heavy atom. The van der Waals surface area contributed by atoms with Crippen LogP contribution in [0.3, 0.4) is 0 Å². The second-order valence-electron chi connectivity index (χ2n) is 4.42. The summed E-state index contributed by atoms with van der Waals surface area (Å²) in [4.78, 5) is 23.5. The molecule has 0 saturated carbocycles. The summed E-state index contributed by atoms with van der Waals surface area (Å²) in [6.45, 7) is 1.75. The van der Waals surface area contributed by atoms with Gasteiger partial charge in [0.2, 0.25) is 5.75 Å². The molecule has 6 heteroatoms. The minimum absolute atomic E-state index is 0.130. The van der Waals surface area contributed by atoms with Gasteiger partial charge in [0.05, 0.1) is 33.3 Å². The summed E-state index contributed by atoms with van der Waals surface area (Å²) in [5, 5.41) is 0.686. The predicted octanol–water partition coefficient (Wildman–Crippen LogP) is 1.83. The number of rotatable bonds is 4. The van der Waals surface area contributed by atoms with Gasteiger partial charge in [0.1, 0.15) is 0 Å². The number of carbonyl (C=O) groups is 1. The van der Waals surface area contributed by atoms with Gasteiger partial charge in [-0.1, -0.05) is 0 Å². The molecular weight excluding hydrogens is 276 g/mol. The van der Waals surface area contributed by atoms with Crippen LogP contribution in [0.1, 0.15) is 11.1 Å². The second kappa shape index (κ2) is 5.87. The fourth-order valence-corrected chi connectivity index (χ4v) is 2.19. The average Bonchev–Trinajstić information content (AvgIpc) is 2.49. The highest BCUT2D eigenvalue weighted by atomic mass is 16.5. The molecule has 1 aromatic carbocycles. The molecular formula is C15H16O6. The van der Waals surface area contributed by atoms with Gasteiger partial charge in [-0.25, -0.2) is 4.79 Å². The van der Waals surface area contributed by atoms with E-state index in [0.29, 0.717) is 28.0 Å². The largest absolute Gasteiger partial charge is 0.493 e. The van der Waals surface area contributed by atoms with Crippen molar-refractivity contribution < 1.29 is 23.4 Å². The lowest BCUT2D eigenvalue weighted by atomic mass is 10.0. The molecule has 0 aliphatic heterocycles. The molecule has 0 radical (unpaired) electrons. The van der Waals surface area contributed by atoms with E-state index in [2.05, 4.69) is 4.74 Å². The van der Waals surface area contributed by atoms with Gasteiger partial charge < -0.3 is 18.6 Å². The third-order valence-corrected chi connectivity index (χ3v) is 3.35. The molecule has 0 N–H and O–H groups in total. The lowest BCUT2D eigenvalue weighted by Crippen LogP contribution is -2.16. The van der Waals surface area contributed by atoms with Crippen molar-refractivity contribution in [1.29, 1.82) is 0 Å². The maximum absolute atomic E-state index is 12.1. The van der Waals surface area contributed by atoms with Crippen LogP contribution in [-0.2, 0) is 16.0 Å². The molecule has 6 nitrogen and oxygen atoms in total. The number of ether oxygens (including phenoxy) is 3. The minimum Gasteiger partial charge on any atom is -0.493 e. The molecule has 112 valence electrons. The van der Waals surface area contributed by atoms with Crippen molar-refractivity contribution in [2.75, 3.05) is 21.3 Å². The summed E-state index contributed by atoms with van der Waals surface area (Å²) in [7, 11) is 4.24. The van der Waals surface area contributed by atoms with Crippen LogP contribution in [0, 0.1) is 6.92 Å². The standard InChI is InChI=1S/C15H16O6/c1-8-9-5-6-11(18-2)14(20-4)13(9)21-15(17)10(8)7-12(16)19-3/h5-6H,7H2,1-4H3. The first-order valence-electron chi connectivity index (χ1n) is 6.27. The summed E-state index contributed by atoms with van der Waals surface area (Å²) < 4.78 is 20.3. The monoisotopic (exact) mass is 292 g/mol. The molecule has 1 aromatic heterocycles. The molecule has 0 unspecified atom stereocenters. The summed E-state index contributed by atoms with van der Waals surface area (Å²) >= 11 is 0. The van der Waals surface area contributed by atoms with Gasteiger partial charge in [0.15, 0.2) is 11.3 Å². The molecule has 0 aliphatic rings. The van der Waals surface area contributed by atoms with Gasteiger partial charge >= 0.3 is 11.6 Å². The van der Waals surface area contributed by atoms with Crippen molar-refractivity contribution in [2.24, 2.45) is 0 Å². The van der Waals surface area contributed by atoms with Gasteiger partial charge in [-0.05, 0) is 24.6 Å². The molecule has 0 bridgehead atoms. The Bertz CT molecular complexity index is 744. The van der Waals surface area contributed by atoms with Gasteiger partial charge in [-0.2, -0.15) is 0 Å². The minimum atomic E-state index is -0.586. The number of methoxy groups -OCH3 is 3. The van der Waals surface area contributed by atoms with Crippen molar-refractivity contribution in [3.05, 3.63) is 33.7 Å². The molecule has 2 rings (SSSR count). The lowest BCUT2D eigenvalue weighted by molar-refractivity contribution is -0.139. The Kier molecular flexibility index (Phi) is 4.16. The Balaban J connectivity index is 2.74. The molecule has 2 aromatic rings. The fourth-order valence-electron chi connectivity index (χ4n) is 2.19. The van der Waals surface area contributed by atoms with Crippen LogP contribution >= 0.6 is 0 Å². The van der Waals surface area contributed by atoms with Gasteiger partial charge in [0.25, 0.3) is 0 Å². The fraction of sp³-hybridized carbons (Fsp3) is 0.333. The SMILES string of the molecule is COC(=O)Cc1c(C)c2ccc(OC)c(OC)c2oc1=O. The van der Waals surface area contributed by atoms with Crippen LogP contribution in [0.4, 0.5) is 0 Å². The van der Waals surface area contributed by atoms with E-state index in [4.69, 9.17) is 13.9 Å². The van der Waals surface area contributed by atoms with E-state index in [-0.39, 0.29) is 12.0 Å². The molecule has 0 fully saturated rings. The molecule has 0 spiro atoms. The van der Waals surface area contributed by atoms with E-state index in [1.807, 2.05) is 0 Å². The Morgan fingerprint density at radius 3 is 2.48 bits per heavy atom. The maximum atomic E-state index is 12.1. The lowest BCUT2D eigenvalue weighted by Gasteiger charge is -2.12. The summed E-state index contributed by atoms with van der Waals surface area (Å²) in [5.74, 6) is 0.318. The van der Waals surface area contributed by atoms with E-state index < -0.39 is 11.6 Å². The van der Waals surface area contributed by atoms with Crippen LogP contribution < -0.4 is 15.1 Å². The molecule has 1 heterocycles. The summed E-state index contributed by atoms with van der Waals surface area (Å²) in [6.07, 6.45) is -0.130. The number of esters is 1. The smallest absolute Gasteiger partial charge is 0.340 e. The zero-order chi connectivity index (χ0) is 15.6. The third-order valence-electron chi connectivity index (χ3n) is 3.35. The highest BCUT2D eigenvalue weighted by molar-refractivity contribution is 5.89. The van der Waals surface area contributed by atoms with Crippen LogP contribution in [0.2, 0.25) is 0 Å². The molecule has 0 amide bonds. The number of benzene rings is 1. The average molecular weight is 292 g/mol. The summed E-state index contributed by atoms with van der Waals surface area (Å²) in [5.41, 5.74) is 0.652. The van der Waals surface area contributed by atoms with Crippen molar-refractivity contribution in [1.82, 2.24) is 0 Å². The van der Waals surface area contributed by atoms with Gasteiger partial charge in [-0.15, -0.1) is 0 Å². The second-order valence-corrected chi connectivity index (χ2v) is 4.42. The van der Waals surface area contributed by atoms with Crippen LogP contribution in [0.5, 0.6) is 11.5 Å². The topological polar surface area (TPSA) is 75.0 Å². The van der Waals surface area contributed by atoms with Crippen LogP contribution in [0.15, 0.2) is 21.3 Å². The molecule has 21 heavy (non-hydrogen) atoms. The number of carbonyl (C=O) groups excluding carboxylic acids is 1. The van der Waals surface area contributed by atoms with Crippen molar-refractivity contribution in [3.63, 3.8) is 0 Å². The van der Waals surface area contributed by atoms with Gasteiger partial charge in [0, 0.05) is 5.39 Å². The highest BCUT2D eigenvalue weighted by Gasteiger charge is 2.19. The van der Waals surface area contributed by atoms with E-state index >= 15 is 0 Å². The van der Waals surface area contributed by atoms with E-state index in [1.165, 1.54) is 21.3 Å². The quantitative estimate of drug-likeness (QED) is 0.632. The predicted molar refractivity (Wildman–Crippen MR) is 76.0 cm³/mol. The highest BCUT2D eigenvalue weighted by Crippen LogP contribution is 2.36. The van der Waals surface area contributed by atoms with E-state index in [9.17, 15) is 9.59 Å². The number of hydrogen-bond acceptors (Lipinski definition) is 6. The number of hydrogen-bond donors (Lipinski definition) is 0. The maximum Gasteiger partial charge on any atom is 0.340 e. The molecule has 0 aliphatic carbocycles. The zero-order valence-electron chi connectivity index (χ0n) is 12.3. The summed E-state index contributed by atoms with van der Waals surface area (Å²) in [6, 6.07) is 3.48. The van der Waals surface area contributed by atoms with Crippen LogP contribution in [0.25, 0.3) is 11.0 Å². The Morgan fingerprint density at radius 2 is 1.90 bits per heavy atom. The van der Waals surface area contributed by atoms with Gasteiger partial charge in [-0.3, -0.25) is 4.79 Å². The normalized spacial score (nSPS) is 10.5. The zero-order valence-corrected chi connectivity index (χ0v) is 12.3. The van der Waals surface area contributed by atoms with E-state index in [0.717, 1.165) is 0 Å². The van der Waals surface area contributed by atoms with Crippen molar-refractivity contribution >= 4 is 16.9 Å². The molecule has 0 atom stereocenters. The first-order valence-corrected chi connectivity index (χ1v) is 6.27. The first-order chi connectivity index (χ1) is 10.0. The van der Waals surface area contributed by atoms with Crippen molar-refractivity contribution in [3.8, 4) is 11.5 Å². The number of fused-ring (bicyclic) bond motifs is 1. The molecule has 0 saturated heterocycles.